The highest BCUT2D eigenvalue weighted by molar-refractivity contribution is 9.09. The zero-order chi connectivity index (χ0) is 9.56. The van der Waals surface area contributed by atoms with E-state index in [1.165, 1.54) is 5.57 Å². The molecule has 0 aliphatic heterocycles. The first-order valence-corrected chi connectivity index (χ1v) is 4.95. The quantitative estimate of drug-likeness (QED) is 0.502. The van der Waals surface area contributed by atoms with Gasteiger partial charge in [-0.05, 0) is 25.0 Å². The van der Waals surface area contributed by atoms with Gasteiger partial charge in [0.15, 0.2) is 0 Å². The summed E-state index contributed by atoms with van der Waals surface area (Å²) in [4.78, 5) is 0. The molecule has 0 bridgehead atoms. The van der Waals surface area contributed by atoms with Crippen LogP contribution in [-0.4, -0.2) is 5.33 Å². The van der Waals surface area contributed by atoms with Crippen LogP contribution in [0.5, 0.6) is 0 Å². The molecule has 0 heterocycles. The molecule has 0 saturated heterocycles. The highest BCUT2D eigenvalue weighted by Gasteiger charge is 1.93. The van der Waals surface area contributed by atoms with Crippen molar-refractivity contribution < 1.29 is 0 Å². The molecule has 0 amide bonds. The van der Waals surface area contributed by atoms with E-state index >= 15 is 0 Å². The van der Waals surface area contributed by atoms with Crippen LogP contribution in [0, 0.1) is 0 Å². The van der Waals surface area contributed by atoms with Crippen molar-refractivity contribution in [2.24, 2.45) is 0 Å². The second-order valence-corrected chi connectivity index (χ2v) is 3.37. The van der Waals surface area contributed by atoms with Crippen LogP contribution in [0.4, 0.5) is 0 Å². The van der Waals surface area contributed by atoms with Gasteiger partial charge >= 0.3 is 0 Å². The summed E-state index contributed by atoms with van der Waals surface area (Å²) in [5.74, 6) is 0. The molecule has 0 spiro atoms. The van der Waals surface area contributed by atoms with E-state index in [0.29, 0.717) is 0 Å². The maximum Gasteiger partial charge on any atom is 0.0283 e. The van der Waals surface area contributed by atoms with Crippen LogP contribution in [0.25, 0.3) is 0 Å². The molecule has 66 valence electrons. The Morgan fingerprint density at radius 3 is 2.25 bits per heavy atom. The molecule has 0 aromatic carbocycles. The monoisotopic (exact) mass is 226 g/mol. The van der Waals surface area contributed by atoms with Gasteiger partial charge in [-0.2, -0.15) is 0 Å². The average Bonchev–Trinajstić information content (AvgIpc) is 2.04. The molecule has 12 heavy (non-hydrogen) atoms. The minimum atomic E-state index is 0.793. The summed E-state index contributed by atoms with van der Waals surface area (Å²) in [5.41, 5.74) is 3.42. The predicted molar refractivity (Wildman–Crippen MR) is 60.6 cm³/mol. The van der Waals surface area contributed by atoms with E-state index in [1.54, 1.807) is 0 Å². The molecule has 0 saturated carbocycles. The van der Waals surface area contributed by atoms with Gasteiger partial charge in [0, 0.05) is 5.33 Å². The van der Waals surface area contributed by atoms with E-state index in [4.69, 9.17) is 0 Å². The Balaban J connectivity index is 4.55. The standard InChI is InChI=1S/C11H15Br/c1-5-11(10(4)8-12)7-6-9(2)3/h5-7H,1,4,8H2,2-3H3/b11-7+. The van der Waals surface area contributed by atoms with Crippen LogP contribution in [-0.2, 0) is 0 Å². The molecule has 0 aromatic heterocycles. The fraction of sp³-hybridized carbons (Fsp3) is 0.273. The Labute approximate surface area is 83.5 Å². The van der Waals surface area contributed by atoms with Crippen LogP contribution >= 0.6 is 15.9 Å². The van der Waals surface area contributed by atoms with Gasteiger partial charge in [-0.25, -0.2) is 0 Å². The fourth-order valence-electron chi connectivity index (χ4n) is 0.664. The maximum absolute atomic E-state index is 3.91. The summed E-state index contributed by atoms with van der Waals surface area (Å²) in [5, 5.41) is 0.793. The average molecular weight is 227 g/mol. The zero-order valence-corrected chi connectivity index (χ0v) is 9.32. The lowest BCUT2D eigenvalue weighted by atomic mass is 10.1. The molecule has 0 radical (unpaired) electrons. The van der Waals surface area contributed by atoms with Crippen molar-refractivity contribution in [2.45, 2.75) is 13.8 Å². The Hall–Kier alpha value is -0.560. The van der Waals surface area contributed by atoms with Gasteiger partial charge in [-0.15, -0.1) is 0 Å². The summed E-state index contributed by atoms with van der Waals surface area (Å²) in [6, 6.07) is 0. The summed E-state index contributed by atoms with van der Waals surface area (Å²) in [6.07, 6.45) is 5.92. The van der Waals surface area contributed by atoms with Gasteiger partial charge in [-0.1, -0.05) is 52.9 Å². The molecule has 0 aromatic rings. The highest BCUT2D eigenvalue weighted by atomic mass is 79.9. The van der Waals surface area contributed by atoms with Gasteiger partial charge in [0.05, 0.1) is 0 Å². The van der Waals surface area contributed by atoms with Gasteiger partial charge in [0.1, 0.15) is 0 Å². The van der Waals surface area contributed by atoms with Crippen molar-refractivity contribution in [3.8, 4) is 0 Å². The largest absolute Gasteiger partial charge is 0.0985 e. The third-order valence-electron chi connectivity index (χ3n) is 1.39. The topological polar surface area (TPSA) is 0 Å². The van der Waals surface area contributed by atoms with Crippen LogP contribution in [0.2, 0.25) is 0 Å². The molecule has 0 aliphatic rings. The molecule has 0 unspecified atom stereocenters. The van der Waals surface area contributed by atoms with E-state index < -0.39 is 0 Å². The Bertz CT molecular complexity index is 227. The highest BCUT2D eigenvalue weighted by Crippen LogP contribution is 2.11. The molecule has 0 atom stereocenters. The predicted octanol–water partition coefficient (Wildman–Crippen LogP) is 4.02. The first-order valence-electron chi connectivity index (χ1n) is 3.83. The Morgan fingerprint density at radius 1 is 1.33 bits per heavy atom. The van der Waals surface area contributed by atoms with Crippen LogP contribution < -0.4 is 0 Å². The zero-order valence-electron chi connectivity index (χ0n) is 7.73. The first kappa shape index (κ1) is 11.4. The minimum absolute atomic E-state index is 0.793. The number of rotatable bonds is 4. The third-order valence-corrected chi connectivity index (χ3v) is 2.06. The second-order valence-electron chi connectivity index (χ2n) is 2.81. The van der Waals surface area contributed by atoms with Gasteiger partial charge in [0.2, 0.25) is 0 Å². The second kappa shape index (κ2) is 6.01. The van der Waals surface area contributed by atoms with E-state index in [2.05, 4.69) is 49.0 Å². The van der Waals surface area contributed by atoms with Crippen LogP contribution in [0.1, 0.15) is 13.8 Å². The van der Waals surface area contributed by atoms with Crippen LogP contribution in [0.3, 0.4) is 0 Å². The summed E-state index contributed by atoms with van der Waals surface area (Å²) in [6.45, 7) is 11.8. The lowest BCUT2D eigenvalue weighted by molar-refractivity contribution is 1.38. The van der Waals surface area contributed by atoms with Crippen molar-refractivity contribution >= 4 is 15.9 Å². The van der Waals surface area contributed by atoms with Crippen LogP contribution in [0.15, 0.2) is 48.1 Å². The van der Waals surface area contributed by atoms with Crippen molar-refractivity contribution in [2.75, 3.05) is 5.33 Å². The number of hydrogen-bond acceptors (Lipinski definition) is 0. The fourth-order valence-corrected chi connectivity index (χ4v) is 0.988. The van der Waals surface area contributed by atoms with Gasteiger partial charge in [0.25, 0.3) is 0 Å². The number of alkyl halides is 1. The molecular weight excluding hydrogens is 212 g/mol. The number of allylic oxidation sites excluding steroid dienone is 6. The molecule has 0 aliphatic carbocycles. The summed E-state index contributed by atoms with van der Waals surface area (Å²) < 4.78 is 0. The van der Waals surface area contributed by atoms with Crippen molar-refractivity contribution in [3.63, 3.8) is 0 Å². The van der Waals surface area contributed by atoms with E-state index in [1.807, 2.05) is 12.2 Å². The first-order chi connectivity index (χ1) is 5.61. The molecule has 0 nitrogen and oxygen atoms in total. The molecule has 1 heteroatoms. The van der Waals surface area contributed by atoms with Crippen molar-refractivity contribution in [1.29, 1.82) is 0 Å². The van der Waals surface area contributed by atoms with Crippen molar-refractivity contribution in [3.05, 3.63) is 48.1 Å². The maximum atomic E-state index is 3.91. The Kier molecular flexibility index (Phi) is 5.73. The molecule has 0 fully saturated rings. The minimum Gasteiger partial charge on any atom is -0.0985 e. The number of halogens is 1. The normalized spacial score (nSPS) is 10.8. The third kappa shape index (κ3) is 4.35. The van der Waals surface area contributed by atoms with Crippen molar-refractivity contribution in [1.82, 2.24) is 0 Å². The molecular formula is C11H15Br. The SMILES string of the molecule is C=C/C(=C\C=C(C)C)C(=C)CBr. The van der Waals surface area contributed by atoms with Gasteiger partial charge in [-0.3, -0.25) is 0 Å². The van der Waals surface area contributed by atoms with Gasteiger partial charge < -0.3 is 0 Å². The number of hydrogen-bond donors (Lipinski definition) is 0. The molecule has 0 N–H and O–H groups in total. The summed E-state index contributed by atoms with van der Waals surface area (Å²) >= 11 is 3.35. The lowest BCUT2D eigenvalue weighted by Crippen LogP contribution is -1.84. The lowest BCUT2D eigenvalue weighted by Gasteiger charge is -2.00. The van der Waals surface area contributed by atoms with E-state index in [9.17, 15) is 0 Å². The van der Waals surface area contributed by atoms with E-state index in [0.717, 1.165) is 16.5 Å². The molecule has 0 rings (SSSR count). The van der Waals surface area contributed by atoms with E-state index in [-0.39, 0.29) is 0 Å². The summed E-state index contributed by atoms with van der Waals surface area (Å²) in [7, 11) is 0. The Morgan fingerprint density at radius 2 is 1.92 bits per heavy atom. The smallest absolute Gasteiger partial charge is 0.0283 e.